The van der Waals surface area contributed by atoms with Gasteiger partial charge in [-0.25, -0.2) is 4.98 Å². The molecule has 0 N–H and O–H groups in total. The molecule has 2 aromatic heterocycles. The first-order chi connectivity index (χ1) is 13.5. The molecular weight excluding hydrogens is 392 g/mol. The van der Waals surface area contributed by atoms with Crippen molar-refractivity contribution in [3.05, 3.63) is 45.2 Å². The molecule has 3 rings (SSSR count). The molecule has 6 nitrogen and oxygen atoms in total. The van der Waals surface area contributed by atoms with Gasteiger partial charge < -0.3 is 4.90 Å². The van der Waals surface area contributed by atoms with Crippen LogP contribution in [0.3, 0.4) is 0 Å². The summed E-state index contributed by atoms with van der Waals surface area (Å²) in [6.07, 6.45) is 5.24. The van der Waals surface area contributed by atoms with Gasteiger partial charge in [0.1, 0.15) is 15.8 Å². The van der Waals surface area contributed by atoms with Crippen molar-refractivity contribution < 1.29 is 4.79 Å². The lowest BCUT2D eigenvalue weighted by Crippen LogP contribution is -2.31. The molecule has 0 atom stereocenters. The number of carbonyl (C=O) groups is 1. The van der Waals surface area contributed by atoms with Crippen molar-refractivity contribution in [2.24, 2.45) is 0 Å². The van der Waals surface area contributed by atoms with E-state index in [1.807, 2.05) is 19.1 Å². The second-order valence-electron chi connectivity index (χ2n) is 6.50. The fourth-order valence-corrected chi connectivity index (χ4v) is 4.59. The van der Waals surface area contributed by atoms with Crippen LogP contribution in [0.4, 0.5) is 5.82 Å². The van der Waals surface area contributed by atoms with Gasteiger partial charge in [-0.2, -0.15) is 0 Å². The summed E-state index contributed by atoms with van der Waals surface area (Å²) < 4.78 is 2.04. The van der Waals surface area contributed by atoms with Gasteiger partial charge in [-0.1, -0.05) is 43.9 Å². The number of likely N-dealkylation sites (N-methyl/N-ethyl adjacent to an activating group) is 1. The minimum atomic E-state index is -0.181. The summed E-state index contributed by atoms with van der Waals surface area (Å²) in [5.41, 5.74) is 0.847. The number of anilines is 1. The molecule has 0 aromatic carbocycles. The highest BCUT2D eigenvalue weighted by Gasteiger charge is 2.31. The quantitative estimate of drug-likeness (QED) is 0.508. The van der Waals surface area contributed by atoms with E-state index in [1.54, 1.807) is 23.2 Å². The zero-order valence-corrected chi connectivity index (χ0v) is 18.0. The molecule has 8 heteroatoms. The first-order valence-electron chi connectivity index (χ1n) is 9.53. The topological polar surface area (TPSA) is 57.9 Å². The highest BCUT2D eigenvalue weighted by atomic mass is 32.2. The van der Waals surface area contributed by atoms with Crippen molar-refractivity contribution in [3.63, 3.8) is 0 Å². The van der Waals surface area contributed by atoms with Gasteiger partial charge in [-0.3, -0.25) is 18.9 Å². The SMILES string of the molecule is CCCN(CCC)c1nc2ccccn2c(=O)c1/C=C1\SC(=S)N(CC)C1=O. The minimum absolute atomic E-state index is 0.154. The van der Waals surface area contributed by atoms with Crippen LogP contribution in [0.5, 0.6) is 0 Å². The molecule has 1 aliphatic heterocycles. The van der Waals surface area contributed by atoms with Gasteiger partial charge in [0.2, 0.25) is 0 Å². The lowest BCUT2D eigenvalue weighted by atomic mass is 10.2. The standard InChI is InChI=1S/C20H24N4O2S2/c1-4-10-22(11-5-2)17-14(13-15-19(26)23(6-3)20(27)28-15)18(25)24-12-8-7-9-16(24)21-17/h7-9,12-13H,4-6,10-11H2,1-3H3/b15-13-. The maximum Gasteiger partial charge on any atom is 0.267 e. The molecule has 0 spiro atoms. The molecule has 0 radical (unpaired) electrons. The summed E-state index contributed by atoms with van der Waals surface area (Å²) in [5.74, 6) is 0.472. The number of pyridine rings is 1. The lowest BCUT2D eigenvalue weighted by molar-refractivity contribution is -0.121. The molecule has 0 unspecified atom stereocenters. The van der Waals surface area contributed by atoms with E-state index in [9.17, 15) is 9.59 Å². The summed E-state index contributed by atoms with van der Waals surface area (Å²) >= 11 is 6.54. The highest BCUT2D eigenvalue weighted by Crippen LogP contribution is 2.33. The minimum Gasteiger partial charge on any atom is -0.356 e. The van der Waals surface area contributed by atoms with Crippen LogP contribution < -0.4 is 10.5 Å². The van der Waals surface area contributed by atoms with Gasteiger partial charge >= 0.3 is 0 Å². The molecule has 0 bridgehead atoms. The van der Waals surface area contributed by atoms with Crippen molar-refractivity contribution in [1.82, 2.24) is 14.3 Å². The molecule has 1 saturated heterocycles. The molecule has 0 aliphatic carbocycles. The molecule has 28 heavy (non-hydrogen) atoms. The fraction of sp³-hybridized carbons (Fsp3) is 0.400. The summed E-state index contributed by atoms with van der Waals surface area (Å²) in [6, 6.07) is 5.48. The lowest BCUT2D eigenvalue weighted by Gasteiger charge is -2.24. The zero-order chi connectivity index (χ0) is 20.3. The molecular formula is C20H24N4O2S2. The van der Waals surface area contributed by atoms with E-state index in [4.69, 9.17) is 17.2 Å². The number of rotatable bonds is 7. The van der Waals surface area contributed by atoms with Crippen LogP contribution in [0.1, 0.15) is 39.2 Å². The molecule has 3 heterocycles. The molecule has 1 aliphatic rings. The maximum atomic E-state index is 13.3. The Morgan fingerprint density at radius 3 is 2.50 bits per heavy atom. The van der Waals surface area contributed by atoms with Gasteiger partial charge in [0.15, 0.2) is 0 Å². The number of nitrogens with zero attached hydrogens (tertiary/aromatic N) is 4. The molecule has 1 amide bonds. The summed E-state index contributed by atoms with van der Waals surface area (Å²) in [4.78, 5) is 34.9. The first kappa shape index (κ1) is 20.5. The average molecular weight is 417 g/mol. The van der Waals surface area contributed by atoms with Crippen LogP contribution >= 0.6 is 24.0 Å². The Labute approximate surface area is 174 Å². The fourth-order valence-electron chi connectivity index (χ4n) is 3.23. The number of aromatic nitrogens is 2. The van der Waals surface area contributed by atoms with Crippen molar-refractivity contribution in [2.75, 3.05) is 24.5 Å². The Morgan fingerprint density at radius 2 is 1.89 bits per heavy atom. The Balaban J connectivity index is 2.22. The number of hydrogen-bond acceptors (Lipinski definition) is 6. The normalized spacial score (nSPS) is 15.8. The Bertz CT molecular complexity index is 993. The van der Waals surface area contributed by atoms with Gasteiger partial charge in [0.05, 0.1) is 10.5 Å². The Kier molecular flexibility index (Phi) is 6.51. The summed E-state index contributed by atoms with van der Waals surface area (Å²) in [6.45, 7) is 8.18. The molecule has 148 valence electrons. The van der Waals surface area contributed by atoms with Crippen LogP contribution in [0.25, 0.3) is 11.7 Å². The third-order valence-electron chi connectivity index (χ3n) is 4.50. The van der Waals surface area contributed by atoms with Gasteiger partial charge in [-0.15, -0.1) is 0 Å². The van der Waals surface area contributed by atoms with Crippen molar-refractivity contribution >= 4 is 51.7 Å². The number of fused-ring (bicyclic) bond motifs is 1. The maximum absolute atomic E-state index is 13.3. The smallest absolute Gasteiger partial charge is 0.267 e. The second-order valence-corrected chi connectivity index (χ2v) is 8.17. The summed E-state index contributed by atoms with van der Waals surface area (Å²) in [5, 5.41) is 0. The number of amides is 1. The van der Waals surface area contributed by atoms with E-state index in [0.717, 1.165) is 25.9 Å². The van der Waals surface area contributed by atoms with Gasteiger partial charge in [0, 0.05) is 25.8 Å². The monoisotopic (exact) mass is 416 g/mol. The largest absolute Gasteiger partial charge is 0.356 e. The van der Waals surface area contributed by atoms with E-state index >= 15 is 0 Å². The number of carbonyl (C=O) groups excluding carboxylic acids is 1. The predicted molar refractivity (Wildman–Crippen MR) is 120 cm³/mol. The van der Waals surface area contributed by atoms with Crippen LogP contribution in [-0.4, -0.2) is 44.1 Å². The van der Waals surface area contributed by atoms with E-state index in [0.29, 0.717) is 32.8 Å². The molecule has 1 fully saturated rings. The average Bonchev–Trinajstić information content (AvgIpc) is 2.96. The van der Waals surface area contributed by atoms with Crippen molar-refractivity contribution in [3.8, 4) is 0 Å². The van der Waals surface area contributed by atoms with Crippen LogP contribution in [-0.2, 0) is 4.79 Å². The highest BCUT2D eigenvalue weighted by molar-refractivity contribution is 8.26. The zero-order valence-electron chi connectivity index (χ0n) is 16.3. The van der Waals surface area contributed by atoms with Crippen LogP contribution in [0.15, 0.2) is 34.1 Å². The van der Waals surface area contributed by atoms with E-state index in [-0.39, 0.29) is 11.5 Å². The number of hydrogen-bond donors (Lipinski definition) is 0. The third-order valence-corrected chi connectivity index (χ3v) is 5.88. The van der Waals surface area contributed by atoms with Crippen LogP contribution in [0, 0.1) is 0 Å². The third kappa shape index (κ3) is 3.84. The van der Waals surface area contributed by atoms with Gasteiger partial charge in [-0.05, 0) is 38.0 Å². The number of thioether (sulfide) groups is 1. The van der Waals surface area contributed by atoms with Crippen molar-refractivity contribution in [1.29, 1.82) is 0 Å². The molecule has 0 saturated carbocycles. The van der Waals surface area contributed by atoms with E-state index in [1.165, 1.54) is 16.2 Å². The van der Waals surface area contributed by atoms with Crippen LogP contribution in [0.2, 0.25) is 0 Å². The number of thiocarbonyl (C=S) groups is 1. The first-order valence-corrected chi connectivity index (χ1v) is 10.8. The summed E-state index contributed by atoms with van der Waals surface area (Å²) in [7, 11) is 0. The van der Waals surface area contributed by atoms with E-state index < -0.39 is 0 Å². The Hall–Kier alpha value is -2.19. The second kappa shape index (κ2) is 8.87. The molecule has 2 aromatic rings. The predicted octanol–water partition coefficient (Wildman–Crippen LogP) is 3.54. The van der Waals surface area contributed by atoms with Gasteiger partial charge in [0.25, 0.3) is 11.5 Å². The Morgan fingerprint density at radius 1 is 1.18 bits per heavy atom. The van der Waals surface area contributed by atoms with E-state index in [2.05, 4.69) is 18.7 Å². The van der Waals surface area contributed by atoms with Crippen molar-refractivity contribution in [2.45, 2.75) is 33.6 Å².